The zero-order valence-electron chi connectivity index (χ0n) is 12.5. The normalized spacial score (nSPS) is 17.1. The van der Waals surface area contributed by atoms with Crippen LogP contribution in [0, 0.1) is 6.92 Å². The SMILES string of the molecule is CC[N+]1=C(C)C(C)(C)c2c1ccc1c(C)cccc21. The summed E-state index contributed by atoms with van der Waals surface area (Å²) in [6.45, 7) is 12.4. The first-order valence-electron chi connectivity index (χ1n) is 7.13. The van der Waals surface area contributed by atoms with Crippen LogP contribution in [0.25, 0.3) is 10.8 Å². The van der Waals surface area contributed by atoms with Gasteiger partial charge in [0.15, 0.2) is 5.71 Å². The van der Waals surface area contributed by atoms with E-state index < -0.39 is 0 Å². The third kappa shape index (κ3) is 1.51. The smallest absolute Gasteiger partial charge is 0.199 e. The Kier molecular flexibility index (Phi) is 2.57. The molecular formula is C18H22N+. The molecule has 0 bridgehead atoms. The van der Waals surface area contributed by atoms with Gasteiger partial charge in [0, 0.05) is 18.6 Å². The van der Waals surface area contributed by atoms with Crippen molar-refractivity contribution < 1.29 is 4.58 Å². The summed E-state index contributed by atoms with van der Waals surface area (Å²) >= 11 is 0. The van der Waals surface area contributed by atoms with Crippen LogP contribution in [-0.4, -0.2) is 16.8 Å². The quantitative estimate of drug-likeness (QED) is 0.654. The fourth-order valence-corrected chi connectivity index (χ4v) is 3.49. The van der Waals surface area contributed by atoms with E-state index in [0.717, 1.165) is 6.54 Å². The van der Waals surface area contributed by atoms with Gasteiger partial charge in [-0.25, -0.2) is 0 Å². The molecule has 0 unspecified atom stereocenters. The number of rotatable bonds is 1. The fraction of sp³-hybridized carbons (Fsp3) is 0.389. The van der Waals surface area contributed by atoms with E-state index in [4.69, 9.17) is 0 Å². The van der Waals surface area contributed by atoms with E-state index in [9.17, 15) is 0 Å². The number of fused-ring (bicyclic) bond motifs is 3. The Morgan fingerprint density at radius 1 is 1.00 bits per heavy atom. The van der Waals surface area contributed by atoms with Crippen molar-refractivity contribution in [2.75, 3.05) is 6.54 Å². The summed E-state index contributed by atoms with van der Waals surface area (Å²) < 4.78 is 2.46. The van der Waals surface area contributed by atoms with E-state index in [1.807, 2.05) is 0 Å². The van der Waals surface area contributed by atoms with E-state index in [-0.39, 0.29) is 5.41 Å². The molecule has 0 spiro atoms. The molecule has 0 N–H and O–H groups in total. The van der Waals surface area contributed by atoms with Crippen molar-refractivity contribution in [1.29, 1.82) is 0 Å². The molecule has 0 fully saturated rings. The van der Waals surface area contributed by atoms with Crippen LogP contribution in [0.2, 0.25) is 0 Å². The van der Waals surface area contributed by atoms with Crippen molar-refractivity contribution >= 4 is 22.2 Å². The Bertz CT molecular complexity index is 705. The van der Waals surface area contributed by atoms with Gasteiger partial charge >= 0.3 is 0 Å². The lowest BCUT2D eigenvalue weighted by molar-refractivity contribution is -0.434. The Hall–Kier alpha value is -1.63. The van der Waals surface area contributed by atoms with Crippen molar-refractivity contribution in [2.45, 2.75) is 40.0 Å². The molecule has 2 aromatic carbocycles. The molecule has 3 rings (SSSR count). The Morgan fingerprint density at radius 3 is 2.42 bits per heavy atom. The van der Waals surface area contributed by atoms with Crippen molar-refractivity contribution in [1.82, 2.24) is 0 Å². The lowest BCUT2D eigenvalue weighted by Gasteiger charge is -2.17. The first kappa shape index (κ1) is 12.4. The Morgan fingerprint density at radius 2 is 1.74 bits per heavy atom. The van der Waals surface area contributed by atoms with Crippen molar-refractivity contribution in [2.24, 2.45) is 0 Å². The van der Waals surface area contributed by atoms with E-state index >= 15 is 0 Å². The summed E-state index contributed by atoms with van der Waals surface area (Å²) in [7, 11) is 0. The molecule has 19 heavy (non-hydrogen) atoms. The molecule has 0 aliphatic carbocycles. The third-order valence-corrected chi connectivity index (χ3v) is 4.80. The molecule has 0 atom stereocenters. The van der Waals surface area contributed by atoms with E-state index in [0.29, 0.717) is 0 Å². The molecule has 1 heterocycles. The molecule has 0 radical (unpaired) electrons. The molecule has 98 valence electrons. The molecule has 2 aromatic rings. The highest BCUT2D eigenvalue weighted by Gasteiger charge is 2.43. The first-order valence-corrected chi connectivity index (χ1v) is 7.13. The molecule has 1 nitrogen and oxygen atoms in total. The number of hydrogen-bond donors (Lipinski definition) is 0. The number of aryl methyl sites for hydroxylation is 1. The lowest BCUT2D eigenvalue weighted by atomic mass is 9.79. The summed E-state index contributed by atoms with van der Waals surface area (Å²) in [6.07, 6.45) is 0. The van der Waals surface area contributed by atoms with Crippen molar-refractivity contribution in [3.63, 3.8) is 0 Å². The van der Waals surface area contributed by atoms with Crippen LogP contribution in [0.15, 0.2) is 30.3 Å². The molecule has 0 saturated carbocycles. The van der Waals surface area contributed by atoms with Gasteiger partial charge in [0.2, 0.25) is 5.69 Å². The van der Waals surface area contributed by atoms with Crippen LogP contribution >= 0.6 is 0 Å². The predicted octanol–water partition coefficient (Wildman–Crippen LogP) is 4.56. The standard InChI is InChI=1S/C18H22N/c1-6-19-13(3)18(4,5)17-15-9-7-8-12(2)14(15)10-11-16(17)19/h7-11H,6H2,1-5H3/q+1. The topological polar surface area (TPSA) is 3.01 Å². The van der Waals surface area contributed by atoms with Crippen LogP contribution in [0.4, 0.5) is 5.69 Å². The fourth-order valence-electron chi connectivity index (χ4n) is 3.49. The van der Waals surface area contributed by atoms with Crippen LogP contribution in [0.5, 0.6) is 0 Å². The van der Waals surface area contributed by atoms with Crippen molar-refractivity contribution in [3.8, 4) is 0 Å². The van der Waals surface area contributed by atoms with Gasteiger partial charge in [0.25, 0.3) is 0 Å². The van der Waals surface area contributed by atoms with Crippen molar-refractivity contribution in [3.05, 3.63) is 41.5 Å². The zero-order chi connectivity index (χ0) is 13.8. The summed E-state index contributed by atoms with van der Waals surface area (Å²) in [5.41, 5.74) is 5.83. The maximum Gasteiger partial charge on any atom is 0.210 e. The van der Waals surface area contributed by atoms with Gasteiger partial charge in [0.05, 0.1) is 5.41 Å². The van der Waals surface area contributed by atoms with E-state index in [2.05, 4.69) is 69.5 Å². The van der Waals surface area contributed by atoms with E-state index in [1.165, 1.54) is 33.3 Å². The number of hydrogen-bond acceptors (Lipinski definition) is 0. The van der Waals surface area contributed by atoms with Gasteiger partial charge in [-0.1, -0.05) is 18.2 Å². The average molecular weight is 252 g/mol. The highest BCUT2D eigenvalue weighted by Crippen LogP contribution is 2.44. The lowest BCUT2D eigenvalue weighted by Crippen LogP contribution is -2.26. The van der Waals surface area contributed by atoms with Gasteiger partial charge in [-0.05, 0) is 50.1 Å². The molecule has 0 aromatic heterocycles. The van der Waals surface area contributed by atoms with Crippen LogP contribution in [0.3, 0.4) is 0 Å². The van der Waals surface area contributed by atoms with Gasteiger partial charge in [-0.3, -0.25) is 0 Å². The molecule has 1 aliphatic rings. The van der Waals surface area contributed by atoms with Crippen LogP contribution in [0.1, 0.15) is 38.8 Å². The summed E-state index contributed by atoms with van der Waals surface area (Å²) in [5.74, 6) is 0. The summed E-state index contributed by atoms with van der Waals surface area (Å²) in [6, 6.07) is 11.2. The maximum absolute atomic E-state index is 2.46. The highest BCUT2D eigenvalue weighted by atomic mass is 15.0. The monoisotopic (exact) mass is 252 g/mol. The minimum Gasteiger partial charge on any atom is -0.199 e. The van der Waals surface area contributed by atoms with E-state index in [1.54, 1.807) is 0 Å². The second-order valence-corrected chi connectivity index (χ2v) is 6.08. The molecule has 0 saturated heterocycles. The molecular weight excluding hydrogens is 230 g/mol. The van der Waals surface area contributed by atoms with Gasteiger partial charge in [0.1, 0.15) is 6.54 Å². The second-order valence-electron chi connectivity index (χ2n) is 6.08. The number of benzene rings is 2. The zero-order valence-corrected chi connectivity index (χ0v) is 12.5. The summed E-state index contributed by atoms with van der Waals surface area (Å²) in [5, 5.41) is 2.80. The van der Waals surface area contributed by atoms with Gasteiger partial charge in [-0.15, -0.1) is 0 Å². The molecule has 0 amide bonds. The molecule has 1 aliphatic heterocycles. The maximum atomic E-state index is 2.46. The molecule has 1 heteroatoms. The van der Waals surface area contributed by atoms with Gasteiger partial charge < -0.3 is 0 Å². The average Bonchev–Trinajstić information content (AvgIpc) is 2.58. The third-order valence-electron chi connectivity index (χ3n) is 4.80. The largest absolute Gasteiger partial charge is 0.210 e. The summed E-state index contributed by atoms with van der Waals surface area (Å²) in [4.78, 5) is 0. The minimum atomic E-state index is 0.124. The minimum absolute atomic E-state index is 0.124. The number of nitrogens with zero attached hydrogens (tertiary/aromatic N) is 1. The van der Waals surface area contributed by atoms with Crippen LogP contribution < -0.4 is 0 Å². The second kappa shape index (κ2) is 3.93. The predicted molar refractivity (Wildman–Crippen MR) is 82.9 cm³/mol. The first-order chi connectivity index (χ1) is 8.98. The van der Waals surface area contributed by atoms with Gasteiger partial charge in [-0.2, -0.15) is 4.58 Å². The Balaban J connectivity index is 2.45. The highest BCUT2D eigenvalue weighted by molar-refractivity contribution is 6.02. The van der Waals surface area contributed by atoms with Crippen LogP contribution in [-0.2, 0) is 5.41 Å². The Labute approximate surface area is 115 Å².